The van der Waals surface area contributed by atoms with Crippen LogP contribution in [0.15, 0.2) is 72.0 Å². The third-order valence-electron chi connectivity index (χ3n) is 4.87. The molecule has 1 aromatic carbocycles. The smallest absolute Gasteiger partial charge is 0.258 e. The number of ether oxygens (including phenoxy) is 1. The topological polar surface area (TPSA) is 74.3 Å². The molecule has 5 aromatic rings. The van der Waals surface area contributed by atoms with Crippen LogP contribution in [0.5, 0.6) is 5.75 Å². The highest BCUT2D eigenvalue weighted by Gasteiger charge is 2.12. The van der Waals surface area contributed by atoms with Gasteiger partial charge in [0.15, 0.2) is 4.96 Å². The van der Waals surface area contributed by atoms with Crippen LogP contribution in [0.4, 0.5) is 0 Å². The molecule has 0 amide bonds. The Kier molecular flexibility index (Phi) is 4.83. The first-order valence-corrected chi connectivity index (χ1v) is 10.5. The maximum atomic E-state index is 12.2. The Morgan fingerprint density at radius 3 is 2.58 bits per heavy atom. The van der Waals surface area contributed by atoms with Crippen molar-refractivity contribution in [1.82, 2.24) is 24.1 Å². The van der Waals surface area contributed by atoms with E-state index in [0.29, 0.717) is 16.4 Å². The molecule has 0 saturated heterocycles. The lowest BCUT2D eigenvalue weighted by Crippen LogP contribution is -2.14. The first-order valence-electron chi connectivity index (χ1n) is 9.73. The van der Waals surface area contributed by atoms with E-state index in [2.05, 4.69) is 15.1 Å². The van der Waals surface area contributed by atoms with Gasteiger partial charge in [-0.2, -0.15) is 5.10 Å². The van der Waals surface area contributed by atoms with Gasteiger partial charge in [-0.3, -0.25) is 18.9 Å². The molecule has 0 spiro atoms. The van der Waals surface area contributed by atoms with Crippen molar-refractivity contribution in [2.24, 2.45) is 7.05 Å². The Morgan fingerprint density at radius 1 is 1.03 bits per heavy atom. The van der Waals surface area contributed by atoms with E-state index in [1.54, 1.807) is 23.0 Å². The number of nitrogens with zero attached hydrogens (tertiary/aromatic N) is 5. The number of aromatic nitrogens is 5. The van der Waals surface area contributed by atoms with Gasteiger partial charge < -0.3 is 4.74 Å². The van der Waals surface area contributed by atoms with Gasteiger partial charge in [-0.1, -0.05) is 0 Å². The van der Waals surface area contributed by atoms with Crippen LogP contribution in [-0.4, -0.2) is 24.1 Å². The summed E-state index contributed by atoms with van der Waals surface area (Å²) >= 11 is 1.49. The van der Waals surface area contributed by atoms with Crippen molar-refractivity contribution in [2.45, 2.75) is 13.5 Å². The molecule has 0 atom stereocenters. The molecule has 4 heterocycles. The quantitative estimate of drug-likeness (QED) is 0.420. The van der Waals surface area contributed by atoms with E-state index >= 15 is 0 Å². The standard InChI is InChI=1S/C23H19N5O2S/c1-15-12-28-21(29)11-18(25-23(28)31-15)14-30-19-5-3-17(4-6-19)22-20(13-27(2)26-22)16-7-9-24-10-8-16/h3-13H,14H2,1-2H3. The molecule has 5 rings (SSSR count). The summed E-state index contributed by atoms with van der Waals surface area (Å²) in [5.41, 5.74) is 4.51. The average molecular weight is 430 g/mol. The molecule has 0 unspecified atom stereocenters. The predicted molar refractivity (Wildman–Crippen MR) is 120 cm³/mol. The monoisotopic (exact) mass is 429 g/mol. The fourth-order valence-corrected chi connectivity index (χ4v) is 4.29. The molecule has 31 heavy (non-hydrogen) atoms. The zero-order valence-electron chi connectivity index (χ0n) is 17.0. The van der Waals surface area contributed by atoms with Crippen molar-refractivity contribution >= 4 is 16.3 Å². The Hall–Kier alpha value is -3.78. The number of hydrogen-bond donors (Lipinski definition) is 0. The summed E-state index contributed by atoms with van der Waals surface area (Å²) in [7, 11) is 1.91. The molecule has 4 aromatic heterocycles. The van der Waals surface area contributed by atoms with Crippen molar-refractivity contribution in [3.8, 4) is 28.1 Å². The Bertz CT molecular complexity index is 1420. The largest absolute Gasteiger partial charge is 0.487 e. The highest BCUT2D eigenvalue weighted by Crippen LogP contribution is 2.31. The van der Waals surface area contributed by atoms with Crippen LogP contribution < -0.4 is 10.3 Å². The Balaban J connectivity index is 1.36. The van der Waals surface area contributed by atoms with Gasteiger partial charge in [0.2, 0.25) is 0 Å². The molecule has 0 saturated carbocycles. The zero-order chi connectivity index (χ0) is 21.4. The molecular formula is C23H19N5O2S. The van der Waals surface area contributed by atoms with Crippen LogP contribution in [0, 0.1) is 6.92 Å². The SMILES string of the molecule is Cc1cn2c(=O)cc(COc3ccc(-c4nn(C)cc4-c4ccncc4)cc3)nc2s1. The highest BCUT2D eigenvalue weighted by atomic mass is 32.1. The molecule has 0 fully saturated rings. The van der Waals surface area contributed by atoms with Crippen LogP contribution in [0.1, 0.15) is 10.6 Å². The predicted octanol–water partition coefficient (Wildman–Crippen LogP) is 4.11. The van der Waals surface area contributed by atoms with E-state index in [-0.39, 0.29) is 12.2 Å². The summed E-state index contributed by atoms with van der Waals surface area (Å²) in [6, 6.07) is 13.2. The summed E-state index contributed by atoms with van der Waals surface area (Å²) < 4.78 is 9.24. The number of pyridine rings is 1. The van der Waals surface area contributed by atoms with E-state index < -0.39 is 0 Å². The molecular weight excluding hydrogens is 410 g/mol. The minimum Gasteiger partial charge on any atom is -0.487 e. The normalized spacial score (nSPS) is 11.2. The van der Waals surface area contributed by atoms with Gasteiger partial charge in [-0.15, -0.1) is 11.3 Å². The maximum Gasteiger partial charge on any atom is 0.258 e. The van der Waals surface area contributed by atoms with Crippen LogP contribution in [0.3, 0.4) is 0 Å². The molecule has 0 radical (unpaired) electrons. The Labute approximate surface area is 182 Å². The van der Waals surface area contributed by atoms with E-state index in [0.717, 1.165) is 27.3 Å². The van der Waals surface area contributed by atoms with E-state index in [4.69, 9.17) is 4.74 Å². The Morgan fingerprint density at radius 2 is 1.81 bits per heavy atom. The molecule has 8 heteroatoms. The lowest BCUT2D eigenvalue weighted by molar-refractivity contribution is 0.301. The van der Waals surface area contributed by atoms with Gasteiger partial charge >= 0.3 is 0 Å². The first-order chi connectivity index (χ1) is 15.1. The third-order valence-corrected chi connectivity index (χ3v) is 5.77. The molecule has 0 N–H and O–H groups in total. The zero-order valence-corrected chi connectivity index (χ0v) is 17.8. The van der Waals surface area contributed by atoms with E-state index in [1.165, 1.54) is 17.4 Å². The van der Waals surface area contributed by atoms with E-state index in [1.807, 2.05) is 61.2 Å². The molecule has 0 aliphatic rings. The number of aryl methyl sites for hydroxylation is 2. The molecule has 0 aliphatic carbocycles. The minimum atomic E-state index is -0.0953. The van der Waals surface area contributed by atoms with Crippen LogP contribution in [0.2, 0.25) is 0 Å². The second-order valence-corrected chi connectivity index (χ2v) is 8.41. The number of fused-ring (bicyclic) bond motifs is 1. The van der Waals surface area contributed by atoms with Gasteiger partial charge in [-0.25, -0.2) is 4.98 Å². The number of thiazole rings is 1. The number of hydrogen-bond acceptors (Lipinski definition) is 6. The van der Waals surface area contributed by atoms with Crippen molar-refractivity contribution in [3.05, 3.63) is 88.2 Å². The minimum absolute atomic E-state index is 0.0953. The molecule has 0 aliphatic heterocycles. The van der Waals surface area contributed by atoms with Crippen molar-refractivity contribution < 1.29 is 4.74 Å². The van der Waals surface area contributed by atoms with Crippen molar-refractivity contribution in [2.75, 3.05) is 0 Å². The fourth-order valence-electron chi connectivity index (χ4n) is 3.44. The number of rotatable bonds is 5. The molecule has 0 bridgehead atoms. The summed E-state index contributed by atoms with van der Waals surface area (Å²) in [5, 5.41) is 4.63. The maximum absolute atomic E-state index is 12.2. The van der Waals surface area contributed by atoms with Gasteiger partial charge in [0.1, 0.15) is 18.1 Å². The van der Waals surface area contributed by atoms with Crippen molar-refractivity contribution in [1.29, 1.82) is 0 Å². The lowest BCUT2D eigenvalue weighted by atomic mass is 10.0. The number of benzene rings is 1. The van der Waals surface area contributed by atoms with Gasteiger partial charge in [-0.05, 0) is 48.9 Å². The first kappa shape index (κ1) is 19.2. The molecule has 154 valence electrons. The van der Waals surface area contributed by atoms with Gasteiger partial charge in [0.25, 0.3) is 5.56 Å². The van der Waals surface area contributed by atoms with Gasteiger partial charge in [0.05, 0.1) is 5.69 Å². The summed E-state index contributed by atoms with van der Waals surface area (Å²) in [6.45, 7) is 2.19. The highest BCUT2D eigenvalue weighted by molar-refractivity contribution is 7.16. The fraction of sp³-hybridized carbons (Fsp3) is 0.130. The summed E-state index contributed by atoms with van der Waals surface area (Å²) in [6.07, 6.45) is 7.35. The van der Waals surface area contributed by atoms with Crippen LogP contribution in [0.25, 0.3) is 27.3 Å². The van der Waals surface area contributed by atoms with Crippen LogP contribution in [-0.2, 0) is 13.7 Å². The van der Waals surface area contributed by atoms with Crippen molar-refractivity contribution in [3.63, 3.8) is 0 Å². The van der Waals surface area contributed by atoms with E-state index in [9.17, 15) is 4.79 Å². The second-order valence-electron chi connectivity index (χ2n) is 7.19. The second kappa shape index (κ2) is 7.81. The summed E-state index contributed by atoms with van der Waals surface area (Å²) in [4.78, 5) is 22.6. The third kappa shape index (κ3) is 3.85. The average Bonchev–Trinajstić information content (AvgIpc) is 3.35. The summed E-state index contributed by atoms with van der Waals surface area (Å²) in [5.74, 6) is 0.703. The lowest BCUT2D eigenvalue weighted by Gasteiger charge is -2.07. The molecule has 7 nitrogen and oxygen atoms in total. The van der Waals surface area contributed by atoms with Crippen LogP contribution >= 0.6 is 11.3 Å². The van der Waals surface area contributed by atoms with Gasteiger partial charge in [0, 0.05) is 53.9 Å².